The van der Waals surface area contributed by atoms with Crippen LogP contribution in [0.2, 0.25) is 0 Å². The number of rotatable bonds is 6. The fourth-order valence-corrected chi connectivity index (χ4v) is 2.66. The first kappa shape index (κ1) is 20.0. The Labute approximate surface area is 165 Å². The number of nitrogens with one attached hydrogen (secondary N) is 1. The van der Waals surface area contributed by atoms with Gasteiger partial charge >= 0.3 is 5.97 Å². The fraction of sp³-hybridized carbons (Fsp3) is 0.0909. The Morgan fingerprint density at radius 3 is 2.24 bits per heavy atom. The van der Waals surface area contributed by atoms with Crippen LogP contribution in [0.5, 0.6) is 5.75 Å². The van der Waals surface area contributed by atoms with Crippen molar-refractivity contribution < 1.29 is 27.8 Å². The van der Waals surface area contributed by atoms with Gasteiger partial charge in [0, 0.05) is 23.4 Å². The Morgan fingerprint density at radius 2 is 1.59 bits per heavy atom. The minimum absolute atomic E-state index is 0.336. The van der Waals surface area contributed by atoms with E-state index in [0.29, 0.717) is 23.1 Å². The maximum atomic E-state index is 13.4. The lowest BCUT2D eigenvalue weighted by molar-refractivity contribution is -0.125. The van der Waals surface area contributed by atoms with Crippen LogP contribution in [0.3, 0.4) is 0 Å². The van der Waals surface area contributed by atoms with E-state index in [4.69, 9.17) is 9.47 Å². The molecule has 0 aliphatic carbocycles. The normalized spacial score (nSPS) is 11.4. The van der Waals surface area contributed by atoms with E-state index in [0.717, 1.165) is 12.1 Å². The molecule has 0 saturated heterocycles. The van der Waals surface area contributed by atoms with E-state index in [9.17, 15) is 18.4 Å². The topological polar surface area (TPSA) is 64.6 Å². The summed E-state index contributed by atoms with van der Waals surface area (Å²) in [7, 11) is 1.49. The third kappa shape index (κ3) is 5.16. The Morgan fingerprint density at radius 1 is 0.897 bits per heavy atom. The van der Waals surface area contributed by atoms with Crippen LogP contribution >= 0.6 is 0 Å². The average Bonchev–Trinajstić information content (AvgIpc) is 2.71. The molecule has 0 heterocycles. The maximum absolute atomic E-state index is 13.4. The number of benzene rings is 3. The SMILES string of the molecule is COc1cccc(NC(=O)[C@@H](OC(=O)c2cc(F)cc(F)c2)c2ccccc2)c1. The van der Waals surface area contributed by atoms with Gasteiger partial charge < -0.3 is 14.8 Å². The molecule has 0 aliphatic heterocycles. The van der Waals surface area contributed by atoms with Crippen molar-refractivity contribution >= 4 is 17.6 Å². The van der Waals surface area contributed by atoms with Crippen molar-refractivity contribution in [1.82, 2.24) is 0 Å². The molecule has 1 N–H and O–H groups in total. The molecular formula is C22H17F2NO4. The van der Waals surface area contributed by atoms with E-state index in [-0.39, 0.29) is 5.56 Å². The second kappa shape index (κ2) is 8.97. The Hall–Kier alpha value is -3.74. The molecule has 29 heavy (non-hydrogen) atoms. The van der Waals surface area contributed by atoms with Gasteiger partial charge in [-0.05, 0) is 24.3 Å². The van der Waals surface area contributed by atoms with Crippen molar-refractivity contribution in [2.75, 3.05) is 12.4 Å². The molecule has 0 fully saturated rings. The summed E-state index contributed by atoms with van der Waals surface area (Å²) in [5.41, 5.74) is 0.499. The number of halogens is 2. The highest BCUT2D eigenvalue weighted by Gasteiger charge is 2.26. The van der Waals surface area contributed by atoms with Crippen LogP contribution in [-0.4, -0.2) is 19.0 Å². The molecule has 3 rings (SSSR count). The highest BCUT2D eigenvalue weighted by molar-refractivity contribution is 5.98. The number of methoxy groups -OCH3 is 1. The number of ether oxygens (including phenoxy) is 2. The van der Waals surface area contributed by atoms with Gasteiger partial charge in [-0.3, -0.25) is 4.79 Å². The second-order valence-corrected chi connectivity index (χ2v) is 6.08. The van der Waals surface area contributed by atoms with Gasteiger partial charge in [-0.2, -0.15) is 0 Å². The van der Waals surface area contributed by atoms with Crippen molar-refractivity contribution in [3.05, 3.63) is 95.6 Å². The molecule has 0 bridgehead atoms. The van der Waals surface area contributed by atoms with Crippen LogP contribution in [-0.2, 0) is 9.53 Å². The second-order valence-electron chi connectivity index (χ2n) is 6.08. The number of carbonyl (C=O) groups excluding carboxylic acids is 2. The van der Waals surface area contributed by atoms with Crippen LogP contribution in [0.25, 0.3) is 0 Å². The van der Waals surface area contributed by atoms with Crippen LogP contribution in [0.15, 0.2) is 72.8 Å². The number of anilines is 1. The molecule has 0 aromatic heterocycles. The Balaban J connectivity index is 1.86. The van der Waals surface area contributed by atoms with Crippen LogP contribution < -0.4 is 10.1 Å². The van der Waals surface area contributed by atoms with Gasteiger partial charge in [0.25, 0.3) is 5.91 Å². The monoisotopic (exact) mass is 397 g/mol. The molecule has 3 aromatic rings. The van der Waals surface area contributed by atoms with E-state index in [1.165, 1.54) is 7.11 Å². The van der Waals surface area contributed by atoms with Gasteiger partial charge in [-0.25, -0.2) is 13.6 Å². The van der Waals surface area contributed by atoms with E-state index in [1.807, 2.05) is 0 Å². The van der Waals surface area contributed by atoms with Crippen LogP contribution in [0.4, 0.5) is 14.5 Å². The van der Waals surface area contributed by atoms with Gasteiger partial charge in [-0.15, -0.1) is 0 Å². The van der Waals surface area contributed by atoms with E-state index in [1.54, 1.807) is 54.6 Å². The fourth-order valence-electron chi connectivity index (χ4n) is 2.66. The van der Waals surface area contributed by atoms with Gasteiger partial charge in [0.05, 0.1) is 12.7 Å². The molecule has 1 atom stereocenters. The van der Waals surface area contributed by atoms with Gasteiger partial charge in [0.15, 0.2) is 0 Å². The highest BCUT2D eigenvalue weighted by Crippen LogP contribution is 2.24. The summed E-state index contributed by atoms with van der Waals surface area (Å²) in [5.74, 6) is -2.97. The van der Waals surface area contributed by atoms with Crippen molar-refractivity contribution in [3.63, 3.8) is 0 Å². The Bertz CT molecular complexity index is 1000. The van der Waals surface area contributed by atoms with E-state index < -0.39 is 29.6 Å². The summed E-state index contributed by atoms with van der Waals surface area (Å²) in [4.78, 5) is 25.3. The lowest BCUT2D eigenvalue weighted by atomic mass is 10.1. The third-order valence-electron chi connectivity index (χ3n) is 4.00. The maximum Gasteiger partial charge on any atom is 0.339 e. The summed E-state index contributed by atoms with van der Waals surface area (Å²) in [6.07, 6.45) is -1.33. The standard InChI is InChI=1S/C22H17F2NO4/c1-28-19-9-5-8-18(13-19)25-21(26)20(14-6-3-2-4-7-14)29-22(27)15-10-16(23)12-17(24)11-15/h2-13,20H,1H3,(H,25,26)/t20-/m0/s1. The number of hydrogen-bond acceptors (Lipinski definition) is 4. The average molecular weight is 397 g/mol. The molecule has 0 unspecified atom stereocenters. The smallest absolute Gasteiger partial charge is 0.339 e. The zero-order valence-corrected chi connectivity index (χ0v) is 15.4. The number of amides is 1. The van der Waals surface area contributed by atoms with Crippen molar-refractivity contribution in [2.45, 2.75) is 6.10 Å². The molecule has 0 saturated carbocycles. The summed E-state index contributed by atoms with van der Waals surface area (Å²) >= 11 is 0. The predicted molar refractivity (Wildman–Crippen MR) is 103 cm³/mol. The van der Waals surface area contributed by atoms with Crippen LogP contribution in [0.1, 0.15) is 22.0 Å². The summed E-state index contributed by atoms with van der Waals surface area (Å²) in [6, 6.07) is 17.3. The summed E-state index contributed by atoms with van der Waals surface area (Å²) < 4.78 is 37.3. The largest absolute Gasteiger partial charge is 0.497 e. The van der Waals surface area contributed by atoms with Gasteiger partial charge in [0.1, 0.15) is 17.4 Å². The molecule has 0 aliphatic rings. The van der Waals surface area contributed by atoms with Gasteiger partial charge in [0.2, 0.25) is 6.10 Å². The van der Waals surface area contributed by atoms with Crippen molar-refractivity contribution in [2.24, 2.45) is 0 Å². The molecular weight excluding hydrogens is 380 g/mol. The summed E-state index contributed by atoms with van der Waals surface area (Å²) in [5, 5.41) is 2.65. The minimum atomic E-state index is -1.33. The minimum Gasteiger partial charge on any atom is -0.497 e. The molecule has 1 amide bonds. The first-order chi connectivity index (χ1) is 14.0. The molecule has 0 spiro atoms. The summed E-state index contributed by atoms with van der Waals surface area (Å²) in [6.45, 7) is 0. The zero-order valence-electron chi connectivity index (χ0n) is 15.4. The highest BCUT2D eigenvalue weighted by atomic mass is 19.1. The number of hydrogen-bond donors (Lipinski definition) is 1. The lowest BCUT2D eigenvalue weighted by Gasteiger charge is -2.18. The molecule has 7 heteroatoms. The van der Waals surface area contributed by atoms with E-state index in [2.05, 4.69) is 5.32 Å². The number of carbonyl (C=O) groups is 2. The van der Waals surface area contributed by atoms with Crippen molar-refractivity contribution in [3.8, 4) is 5.75 Å². The predicted octanol–water partition coefficient (Wildman–Crippen LogP) is 4.51. The Kier molecular flexibility index (Phi) is 6.19. The first-order valence-corrected chi connectivity index (χ1v) is 8.63. The lowest BCUT2D eigenvalue weighted by Crippen LogP contribution is -2.26. The molecule has 148 valence electrons. The zero-order chi connectivity index (χ0) is 20.8. The quantitative estimate of drug-likeness (QED) is 0.622. The third-order valence-corrected chi connectivity index (χ3v) is 4.00. The van der Waals surface area contributed by atoms with Crippen LogP contribution in [0, 0.1) is 11.6 Å². The van der Waals surface area contributed by atoms with Gasteiger partial charge in [-0.1, -0.05) is 36.4 Å². The first-order valence-electron chi connectivity index (χ1n) is 8.63. The van der Waals surface area contributed by atoms with Crippen molar-refractivity contribution in [1.29, 1.82) is 0 Å². The van der Waals surface area contributed by atoms with E-state index >= 15 is 0 Å². The molecule has 5 nitrogen and oxygen atoms in total. The number of esters is 1. The molecule has 3 aromatic carbocycles. The molecule has 0 radical (unpaired) electrons.